The van der Waals surface area contributed by atoms with Gasteiger partial charge in [-0.15, -0.1) is 0 Å². The summed E-state index contributed by atoms with van der Waals surface area (Å²) in [6.07, 6.45) is 1.92. The number of rotatable bonds is 6. The molecule has 5 rings (SSSR count). The number of carbonyl (C=O) groups excluding carboxylic acids is 1. The zero-order valence-corrected chi connectivity index (χ0v) is 25.9. The van der Waals surface area contributed by atoms with E-state index in [1.54, 1.807) is 0 Å². The van der Waals surface area contributed by atoms with Gasteiger partial charge in [0, 0.05) is 17.7 Å². The third-order valence-corrected chi connectivity index (χ3v) is 8.90. The minimum absolute atomic E-state index is 0.0754. The number of nitrogens with two attached hydrogens (primary N) is 1. The number of hydrogen-bond donors (Lipinski definition) is 1. The SMILES string of the molecule is CCc1ccccc1N1C(N)=C(C#N)C(c2cc(COc3ccccc3Br)c(C)cc2C)C2=C1CC(C)(C)CC2=O. The molecule has 0 fully saturated rings. The smallest absolute Gasteiger partial charge is 0.162 e. The fraction of sp³-hybridized carbons (Fsp3) is 0.314. The van der Waals surface area contributed by atoms with Crippen LogP contribution in [0.3, 0.4) is 0 Å². The fourth-order valence-electron chi connectivity index (χ4n) is 6.22. The predicted octanol–water partition coefficient (Wildman–Crippen LogP) is 8.15. The van der Waals surface area contributed by atoms with E-state index in [2.05, 4.69) is 67.9 Å². The minimum atomic E-state index is -0.536. The van der Waals surface area contributed by atoms with Crippen molar-refractivity contribution in [3.05, 3.63) is 116 Å². The van der Waals surface area contributed by atoms with Crippen LogP contribution >= 0.6 is 15.9 Å². The second kappa shape index (κ2) is 11.2. The van der Waals surface area contributed by atoms with Crippen molar-refractivity contribution in [2.75, 3.05) is 4.90 Å². The summed E-state index contributed by atoms with van der Waals surface area (Å²) in [5.41, 5.74) is 14.8. The lowest BCUT2D eigenvalue weighted by Crippen LogP contribution is -2.42. The van der Waals surface area contributed by atoms with E-state index in [0.717, 1.165) is 55.8 Å². The van der Waals surface area contributed by atoms with Gasteiger partial charge in [0.2, 0.25) is 0 Å². The number of allylic oxidation sites excluding steroid dienone is 3. The molecular formula is C35H36BrN3O2. The van der Waals surface area contributed by atoms with Gasteiger partial charge in [-0.05, 0) is 94.1 Å². The first-order valence-electron chi connectivity index (χ1n) is 14.1. The molecule has 0 radical (unpaired) electrons. The molecule has 1 aliphatic heterocycles. The Morgan fingerprint density at radius 1 is 1.05 bits per heavy atom. The highest BCUT2D eigenvalue weighted by atomic mass is 79.9. The minimum Gasteiger partial charge on any atom is -0.488 e. The van der Waals surface area contributed by atoms with Crippen molar-refractivity contribution in [3.8, 4) is 11.8 Å². The van der Waals surface area contributed by atoms with E-state index in [0.29, 0.717) is 36.4 Å². The fourth-order valence-corrected chi connectivity index (χ4v) is 6.62. The van der Waals surface area contributed by atoms with Gasteiger partial charge in [0.15, 0.2) is 5.78 Å². The number of nitrogens with zero attached hydrogens (tertiary/aromatic N) is 2. The maximum Gasteiger partial charge on any atom is 0.162 e. The van der Waals surface area contributed by atoms with Gasteiger partial charge in [-0.3, -0.25) is 9.69 Å². The Hall–Kier alpha value is -3.82. The van der Waals surface area contributed by atoms with Crippen LogP contribution in [-0.2, 0) is 17.8 Å². The lowest BCUT2D eigenvalue weighted by atomic mass is 9.68. The quantitative estimate of drug-likeness (QED) is 0.305. The summed E-state index contributed by atoms with van der Waals surface area (Å²) < 4.78 is 7.07. The molecule has 0 saturated heterocycles. The first-order chi connectivity index (χ1) is 19.6. The molecular weight excluding hydrogens is 574 g/mol. The van der Waals surface area contributed by atoms with E-state index in [9.17, 15) is 10.1 Å². The Kier molecular flexibility index (Phi) is 7.85. The molecule has 1 heterocycles. The van der Waals surface area contributed by atoms with Gasteiger partial charge in [0.25, 0.3) is 0 Å². The second-order valence-corrected chi connectivity index (χ2v) is 12.7. The van der Waals surface area contributed by atoms with Crippen molar-refractivity contribution in [2.45, 2.75) is 66.4 Å². The van der Waals surface area contributed by atoms with Crippen LogP contribution in [0.1, 0.15) is 67.3 Å². The molecule has 0 spiro atoms. The van der Waals surface area contributed by atoms with Crippen LogP contribution in [0, 0.1) is 30.6 Å². The number of ketones is 1. The molecule has 0 saturated carbocycles. The van der Waals surface area contributed by atoms with Crippen molar-refractivity contribution >= 4 is 27.4 Å². The van der Waals surface area contributed by atoms with Crippen molar-refractivity contribution < 1.29 is 9.53 Å². The number of halogens is 1. The maximum atomic E-state index is 14.1. The Labute approximate surface area is 251 Å². The van der Waals surface area contributed by atoms with Crippen molar-refractivity contribution in [2.24, 2.45) is 11.1 Å². The molecule has 1 aliphatic carbocycles. The van der Waals surface area contributed by atoms with E-state index in [1.165, 1.54) is 0 Å². The van der Waals surface area contributed by atoms with E-state index >= 15 is 0 Å². The molecule has 1 unspecified atom stereocenters. The van der Waals surface area contributed by atoms with E-state index < -0.39 is 5.92 Å². The zero-order chi connectivity index (χ0) is 29.5. The van der Waals surface area contributed by atoms with Crippen molar-refractivity contribution in [1.82, 2.24) is 0 Å². The van der Waals surface area contributed by atoms with Crippen LogP contribution in [0.15, 0.2) is 87.8 Å². The molecule has 3 aromatic carbocycles. The number of Topliss-reactive ketones (excluding diaryl/α,β-unsaturated/α-hetero) is 1. The summed E-state index contributed by atoms with van der Waals surface area (Å²) in [7, 11) is 0. The Morgan fingerprint density at radius 3 is 2.46 bits per heavy atom. The van der Waals surface area contributed by atoms with E-state index in [-0.39, 0.29) is 11.2 Å². The molecule has 210 valence electrons. The first-order valence-corrected chi connectivity index (χ1v) is 14.9. The monoisotopic (exact) mass is 609 g/mol. The highest BCUT2D eigenvalue weighted by Crippen LogP contribution is 2.51. The number of nitriles is 1. The molecule has 0 aromatic heterocycles. The van der Waals surface area contributed by atoms with Crippen LogP contribution in [0.2, 0.25) is 0 Å². The molecule has 0 bridgehead atoms. The first kappa shape index (κ1) is 28.7. The summed E-state index contributed by atoms with van der Waals surface area (Å²) in [5, 5.41) is 10.6. The Morgan fingerprint density at radius 2 is 1.76 bits per heavy atom. The van der Waals surface area contributed by atoms with Gasteiger partial charge < -0.3 is 10.5 Å². The van der Waals surface area contributed by atoms with Gasteiger partial charge in [0.1, 0.15) is 18.2 Å². The number of anilines is 1. The zero-order valence-electron chi connectivity index (χ0n) is 24.3. The molecule has 2 N–H and O–H groups in total. The van der Waals surface area contributed by atoms with Crippen LogP contribution < -0.4 is 15.4 Å². The van der Waals surface area contributed by atoms with Gasteiger partial charge in [-0.25, -0.2) is 0 Å². The summed E-state index contributed by atoms with van der Waals surface area (Å²) >= 11 is 3.56. The van der Waals surface area contributed by atoms with Crippen molar-refractivity contribution in [1.29, 1.82) is 5.26 Å². The third kappa shape index (κ3) is 5.31. The average molecular weight is 611 g/mol. The largest absolute Gasteiger partial charge is 0.488 e. The average Bonchev–Trinajstić information content (AvgIpc) is 2.92. The second-order valence-electron chi connectivity index (χ2n) is 11.8. The summed E-state index contributed by atoms with van der Waals surface area (Å²) in [6.45, 7) is 10.8. The Bertz CT molecular complexity index is 1640. The van der Waals surface area contributed by atoms with Crippen molar-refractivity contribution in [3.63, 3.8) is 0 Å². The number of hydrogen-bond acceptors (Lipinski definition) is 5. The number of carbonyl (C=O) groups is 1. The van der Waals surface area contributed by atoms with Gasteiger partial charge >= 0.3 is 0 Å². The Balaban J connectivity index is 1.69. The highest BCUT2D eigenvalue weighted by Gasteiger charge is 2.45. The van der Waals surface area contributed by atoms with Crippen LogP contribution in [-0.4, -0.2) is 5.78 Å². The van der Waals surface area contributed by atoms with Crippen LogP contribution in [0.5, 0.6) is 5.75 Å². The van der Waals surface area contributed by atoms with E-state index in [4.69, 9.17) is 10.5 Å². The number of ether oxygens (including phenoxy) is 1. The molecule has 5 nitrogen and oxygen atoms in total. The van der Waals surface area contributed by atoms with Crippen LogP contribution in [0.25, 0.3) is 0 Å². The maximum absolute atomic E-state index is 14.1. The molecule has 2 aliphatic rings. The topological polar surface area (TPSA) is 79.3 Å². The molecule has 6 heteroatoms. The lowest BCUT2D eigenvalue weighted by Gasteiger charge is -2.44. The van der Waals surface area contributed by atoms with Gasteiger partial charge in [-0.2, -0.15) is 5.26 Å². The van der Waals surface area contributed by atoms with Crippen LogP contribution in [0.4, 0.5) is 5.69 Å². The lowest BCUT2D eigenvalue weighted by molar-refractivity contribution is -0.118. The number of benzene rings is 3. The normalized spacial score (nSPS) is 18.3. The summed E-state index contributed by atoms with van der Waals surface area (Å²) in [4.78, 5) is 16.0. The predicted molar refractivity (Wildman–Crippen MR) is 167 cm³/mol. The summed E-state index contributed by atoms with van der Waals surface area (Å²) in [5.74, 6) is 0.694. The molecule has 1 atom stereocenters. The number of aryl methyl sites for hydroxylation is 3. The van der Waals surface area contributed by atoms with Gasteiger partial charge in [-0.1, -0.05) is 63.2 Å². The molecule has 3 aromatic rings. The highest BCUT2D eigenvalue weighted by molar-refractivity contribution is 9.10. The van der Waals surface area contributed by atoms with E-state index in [1.807, 2.05) is 54.3 Å². The third-order valence-electron chi connectivity index (χ3n) is 8.25. The standard InChI is InChI=1S/C35H36BrN3O2/c1-6-23-11-7-9-13-28(23)39-29-17-35(4,5)18-30(40)33(29)32(26(19-37)34(39)38)25-16-24(21(2)15-22(25)3)20-41-31-14-10-8-12-27(31)36/h7-16,32H,6,17-18,20,38H2,1-5H3. The molecule has 0 amide bonds. The molecule has 41 heavy (non-hydrogen) atoms. The van der Waals surface area contributed by atoms with Gasteiger partial charge in [0.05, 0.1) is 27.7 Å². The number of para-hydroxylation sites is 2. The summed E-state index contributed by atoms with van der Waals surface area (Å²) in [6, 6.07) is 22.5.